The predicted octanol–water partition coefficient (Wildman–Crippen LogP) is 5.03. The zero-order valence-electron chi connectivity index (χ0n) is 24.7. The molecule has 244 valence electrons. The van der Waals surface area contributed by atoms with Gasteiger partial charge in [0.25, 0.3) is 11.6 Å². The van der Waals surface area contributed by atoms with Crippen molar-refractivity contribution in [2.75, 3.05) is 26.4 Å². The van der Waals surface area contributed by atoms with Gasteiger partial charge in [-0.1, -0.05) is 23.7 Å². The van der Waals surface area contributed by atoms with Crippen molar-refractivity contribution < 1.29 is 36.9 Å². The van der Waals surface area contributed by atoms with Gasteiger partial charge in [-0.25, -0.2) is 4.79 Å². The van der Waals surface area contributed by atoms with Crippen LogP contribution in [0.15, 0.2) is 56.6 Å². The fraction of sp³-hybridized carbons (Fsp3) is 0.500. The third-order valence-corrected chi connectivity index (χ3v) is 7.65. The highest BCUT2D eigenvalue weighted by molar-refractivity contribution is 6.29. The third kappa shape index (κ3) is 8.50. The van der Waals surface area contributed by atoms with Gasteiger partial charge in [0, 0.05) is 37.8 Å². The molecule has 1 fully saturated rings. The molecule has 2 aliphatic rings. The van der Waals surface area contributed by atoms with E-state index >= 15 is 0 Å². The Hall–Kier alpha value is -3.75. The Morgan fingerprint density at radius 1 is 1.04 bits per heavy atom. The van der Waals surface area contributed by atoms with E-state index in [9.17, 15) is 22.8 Å². The summed E-state index contributed by atoms with van der Waals surface area (Å²) in [5.41, 5.74) is 0.302. The Labute approximate surface area is 261 Å². The molecule has 15 heteroatoms. The summed E-state index contributed by atoms with van der Waals surface area (Å²) in [5.74, 6) is -0.266. The fourth-order valence-electron chi connectivity index (χ4n) is 5.13. The first kappa shape index (κ1) is 32.6. The lowest BCUT2D eigenvalue weighted by Crippen LogP contribution is -2.40. The van der Waals surface area contributed by atoms with Crippen molar-refractivity contribution in [3.05, 3.63) is 67.9 Å². The van der Waals surface area contributed by atoms with E-state index in [2.05, 4.69) is 9.72 Å². The van der Waals surface area contributed by atoms with Gasteiger partial charge in [-0.05, 0) is 62.3 Å². The molecule has 1 saturated heterocycles. The lowest BCUT2D eigenvalue weighted by atomic mass is 10.1. The van der Waals surface area contributed by atoms with Crippen LogP contribution < -0.4 is 25.5 Å². The van der Waals surface area contributed by atoms with Crippen LogP contribution >= 0.6 is 11.6 Å². The van der Waals surface area contributed by atoms with Crippen molar-refractivity contribution in [3.8, 4) is 17.5 Å². The largest absolute Gasteiger partial charge is 0.573 e. The zero-order chi connectivity index (χ0) is 32.0. The molecule has 45 heavy (non-hydrogen) atoms. The van der Waals surface area contributed by atoms with Crippen LogP contribution in [0.5, 0.6) is 17.5 Å². The van der Waals surface area contributed by atoms with Gasteiger partial charge < -0.3 is 23.7 Å². The van der Waals surface area contributed by atoms with Crippen molar-refractivity contribution >= 4 is 22.8 Å². The minimum atomic E-state index is -4.83. The Balaban J connectivity index is 1.35. The lowest BCUT2D eigenvalue weighted by molar-refractivity contribution is -0.274. The summed E-state index contributed by atoms with van der Waals surface area (Å²) in [6.45, 7) is 1.29. The van der Waals surface area contributed by atoms with E-state index in [0.29, 0.717) is 32.5 Å². The Morgan fingerprint density at radius 2 is 1.84 bits per heavy atom. The Kier molecular flexibility index (Phi) is 10.6. The van der Waals surface area contributed by atoms with Crippen LogP contribution in [0, 0.1) is 0 Å². The summed E-state index contributed by atoms with van der Waals surface area (Å²) in [6, 6.07) is 5.22. The molecule has 0 radical (unpaired) electrons. The van der Waals surface area contributed by atoms with E-state index in [0.717, 1.165) is 42.0 Å². The smallest absolute Gasteiger partial charge is 0.490 e. The maximum atomic E-state index is 13.8. The van der Waals surface area contributed by atoms with Crippen molar-refractivity contribution in [3.63, 3.8) is 0 Å². The number of ether oxygens (including phenoxy) is 5. The number of rotatable bonds is 13. The van der Waals surface area contributed by atoms with Gasteiger partial charge in [0.15, 0.2) is 17.5 Å². The first-order valence-electron chi connectivity index (χ1n) is 14.7. The number of imidazole rings is 1. The molecule has 1 unspecified atom stereocenters. The zero-order valence-corrected chi connectivity index (χ0v) is 25.4. The van der Waals surface area contributed by atoms with Gasteiger partial charge in [0.05, 0.1) is 6.61 Å². The van der Waals surface area contributed by atoms with Crippen LogP contribution in [-0.4, -0.2) is 57.8 Å². The highest BCUT2D eigenvalue weighted by atomic mass is 35.5. The van der Waals surface area contributed by atoms with E-state index in [-0.39, 0.29) is 55.5 Å². The SMILES string of the molecule is Cn1c(=O)n(CCCOC2CCCCO2)c(=O)c2c1nc(OCCOc1cccc(OC(F)(F)F)c1)n2CC1=CC=C(Cl)CC1. The van der Waals surface area contributed by atoms with E-state index in [1.165, 1.54) is 28.3 Å². The second-order valence-corrected chi connectivity index (χ2v) is 11.1. The number of benzene rings is 1. The molecular formula is C30H34ClF3N4O7. The standard InChI is InChI=1S/C30H34ClF3N4O7/c1-36-26-25(27(39)37(29(36)40)13-5-15-43-24-8-2-3-14-42-24)38(19-20-9-11-21(31)12-10-20)28(35-26)44-17-16-41-22-6-4-7-23(18-22)45-30(32,33)34/h4,6-7,9,11,18,24H,2-3,5,8,10,12-17,19H2,1H3. The number of hydrogen-bond donors (Lipinski definition) is 0. The van der Waals surface area contributed by atoms with Crippen molar-refractivity contribution in [1.82, 2.24) is 18.7 Å². The van der Waals surface area contributed by atoms with Crippen LogP contribution in [-0.2, 0) is 29.6 Å². The van der Waals surface area contributed by atoms with Crippen molar-refractivity contribution in [1.29, 1.82) is 0 Å². The molecule has 1 aliphatic heterocycles. The second kappa shape index (κ2) is 14.6. The number of halogens is 4. The molecule has 2 aromatic heterocycles. The van der Waals surface area contributed by atoms with Gasteiger partial charge in [0.2, 0.25) is 0 Å². The number of aryl methyl sites for hydroxylation is 1. The lowest BCUT2D eigenvalue weighted by Gasteiger charge is -2.22. The van der Waals surface area contributed by atoms with Gasteiger partial charge in [-0.2, -0.15) is 4.98 Å². The van der Waals surface area contributed by atoms with Crippen molar-refractivity contribution in [2.45, 2.75) is 64.3 Å². The number of allylic oxidation sites excluding steroid dienone is 4. The van der Waals surface area contributed by atoms with Crippen molar-refractivity contribution in [2.24, 2.45) is 7.05 Å². The minimum Gasteiger partial charge on any atom is -0.490 e. The van der Waals surface area contributed by atoms with Gasteiger partial charge in [0.1, 0.15) is 24.7 Å². The summed E-state index contributed by atoms with van der Waals surface area (Å²) in [6.07, 6.45) is 3.18. The molecule has 3 aromatic rings. The molecule has 0 N–H and O–H groups in total. The van der Waals surface area contributed by atoms with Crippen LogP contribution in [0.1, 0.15) is 38.5 Å². The van der Waals surface area contributed by atoms with E-state index in [1.54, 1.807) is 10.6 Å². The molecular weight excluding hydrogens is 621 g/mol. The number of alkyl halides is 3. The summed E-state index contributed by atoms with van der Waals surface area (Å²) >= 11 is 6.15. The van der Waals surface area contributed by atoms with E-state index < -0.39 is 23.4 Å². The van der Waals surface area contributed by atoms with Gasteiger partial charge in [-0.15, -0.1) is 13.2 Å². The molecule has 0 spiro atoms. The molecule has 1 aromatic carbocycles. The predicted molar refractivity (Wildman–Crippen MR) is 159 cm³/mol. The van der Waals surface area contributed by atoms with Crippen LogP contribution in [0.3, 0.4) is 0 Å². The molecule has 0 saturated carbocycles. The Bertz CT molecular complexity index is 1670. The number of fused-ring (bicyclic) bond motifs is 1. The number of aromatic nitrogens is 4. The van der Waals surface area contributed by atoms with Crippen LogP contribution in [0.2, 0.25) is 0 Å². The average Bonchev–Trinajstić information content (AvgIpc) is 3.37. The highest BCUT2D eigenvalue weighted by Crippen LogP contribution is 2.27. The fourth-order valence-corrected chi connectivity index (χ4v) is 5.29. The van der Waals surface area contributed by atoms with Gasteiger partial charge in [-0.3, -0.25) is 18.5 Å². The van der Waals surface area contributed by atoms with Crippen LogP contribution in [0.4, 0.5) is 13.2 Å². The maximum Gasteiger partial charge on any atom is 0.573 e. The number of nitrogens with zero attached hydrogens (tertiary/aromatic N) is 4. The van der Waals surface area contributed by atoms with E-state index in [1.807, 2.05) is 6.08 Å². The Morgan fingerprint density at radius 3 is 2.58 bits per heavy atom. The molecule has 3 heterocycles. The molecule has 1 aliphatic carbocycles. The monoisotopic (exact) mass is 654 g/mol. The molecule has 1 atom stereocenters. The molecule has 0 amide bonds. The summed E-state index contributed by atoms with van der Waals surface area (Å²) in [4.78, 5) is 31.5. The van der Waals surface area contributed by atoms with Crippen LogP contribution in [0.25, 0.3) is 11.2 Å². The highest BCUT2D eigenvalue weighted by Gasteiger charge is 2.31. The average molecular weight is 655 g/mol. The normalized spacial score (nSPS) is 17.2. The van der Waals surface area contributed by atoms with E-state index in [4.69, 9.17) is 30.5 Å². The van der Waals surface area contributed by atoms with Gasteiger partial charge >= 0.3 is 12.1 Å². The third-order valence-electron chi connectivity index (χ3n) is 7.33. The summed E-state index contributed by atoms with van der Waals surface area (Å²) in [5, 5.41) is 0.721. The topological polar surface area (TPSA) is 108 Å². The number of hydrogen-bond acceptors (Lipinski definition) is 8. The first-order chi connectivity index (χ1) is 21.6. The summed E-state index contributed by atoms with van der Waals surface area (Å²) in [7, 11) is 1.54. The molecule has 11 nitrogen and oxygen atoms in total. The molecule has 0 bridgehead atoms. The maximum absolute atomic E-state index is 13.8. The second-order valence-electron chi connectivity index (χ2n) is 10.6. The molecule has 5 rings (SSSR count). The first-order valence-corrected chi connectivity index (χ1v) is 15.1. The quantitative estimate of drug-likeness (QED) is 0.236. The summed E-state index contributed by atoms with van der Waals surface area (Å²) < 4.78 is 68.6. The minimum absolute atomic E-state index is 0.0480.